The summed E-state index contributed by atoms with van der Waals surface area (Å²) in [7, 11) is 0. The van der Waals surface area contributed by atoms with E-state index in [-0.39, 0.29) is 5.78 Å². The first-order valence-electron chi connectivity index (χ1n) is 4.16. The Morgan fingerprint density at radius 2 is 2.36 bits per heavy atom. The van der Waals surface area contributed by atoms with E-state index >= 15 is 0 Å². The molecule has 0 saturated carbocycles. The van der Waals surface area contributed by atoms with Crippen molar-refractivity contribution in [3.05, 3.63) is 21.3 Å². The summed E-state index contributed by atoms with van der Waals surface area (Å²) >= 11 is 10.1. The Kier molecular flexibility index (Phi) is 5.09. The van der Waals surface area contributed by atoms with Crippen LogP contribution in [0, 0.1) is 0 Å². The van der Waals surface area contributed by atoms with Crippen molar-refractivity contribution in [3.8, 4) is 0 Å². The lowest BCUT2D eigenvalue weighted by atomic mass is 10.1. The summed E-state index contributed by atoms with van der Waals surface area (Å²) in [6.07, 6.45) is 0.401. The number of carbonyl (C=O) groups excluding carboxylic acids is 1. The Bertz CT molecular complexity index is 314. The number of aliphatic hydroxyl groups is 1. The van der Waals surface area contributed by atoms with E-state index in [1.54, 1.807) is 12.1 Å². The van der Waals surface area contributed by atoms with Crippen LogP contribution >= 0.6 is 38.9 Å². The molecule has 0 unspecified atom stereocenters. The maximum atomic E-state index is 11.5. The molecule has 0 amide bonds. The molecule has 1 aromatic rings. The molecule has 1 rings (SSSR count). The summed E-state index contributed by atoms with van der Waals surface area (Å²) in [5.41, 5.74) is 0. The quantitative estimate of drug-likeness (QED) is 0.670. The molecule has 5 heteroatoms. The van der Waals surface area contributed by atoms with Crippen LogP contribution in [0.2, 0.25) is 4.34 Å². The van der Waals surface area contributed by atoms with E-state index in [1.807, 2.05) is 0 Å². The first-order chi connectivity index (χ1) is 6.63. The number of hydrogen-bond donors (Lipinski definition) is 1. The zero-order chi connectivity index (χ0) is 10.6. The van der Waals surface area contributed by atoms with Crippen molar-refractivity contribution in [3.63, 3.8) is 0 Å². The molecule has 2 nitrogen and oxygen atoms in total. The van der Waals surface area contributed by atoms with E-state index < -0.39 is 6.10 Å². The Hall–Kier alpha value is 0.1000. The number of thiophene rings is 1. The third-order valence-corrected chi connectivity index (χ3v) is 3.75. The predicted molar refractivity (Wildman–Crippen MR) is 62.7 cm³/mol. The monoisotopic (exact) mass is 296 g/mol. The van der Waals surface area contributed by atoms with Gasteiger partial charge in [0, 0.05) is 11.8 Å². The van der Waals surface area contributed by atoms with Crippen LogP contribution in [-0.4, -0.2) is 22.3 Å². The van der Waals surface area contributed by atoms with Crippen molar-refractivity contribution in [2.75, 3.05) is 5.33 Å². The fraction of sp³-hybridized carbons (Fsp3) is 0.444. The number of ketones is 1. The van der Waals surface area contributed by atoms with Crippen LogP contribution in [0.3, 0.4) is 0 Å². The molecule has 0 aromatic carbocycles. The van der Waals surface area contributed by atoms with Gasteiger partial charge in [-0.1, -0.05) is 27.5 Å². The zero-order valence-electron chi connectivity index (χ0n) is 7.37. The Balaban J connectivity index is 2.43. The fourth-order valence-corrected chi connectivity index (χ4v) is 2.30. The van der Waals surface area contributed by atoms with Crippen molar-refractivity contribution in [2.45, 2.75) is 18.9 Å². The molecule has 0 spiro atoms. The van der Waals surface area contributed by atoms with Crippen molar-refractivity contribution in [1.82, 2.24) is 0 Å². The topological polar surface area (TPSA) is 37.3 Å². The molecule has 0 fully saturated rings. The van der Waals surface area contributed by atoms with Gasteiger partial charge in [-0.15, -0.1) is 11.3 Å². The molecule has 1 N–H and O–H groups in total. The van der Waals surface area contributed by atoms with Gasteiger partial charge in [-0.3, -0.25) is 4.79 Å². The first kappa shape index (κ1) is 12.2. The lowest BCUT2D eigenvalue weighted by molar-refractivity contribution is 0.0955. The van der Waals surface area contributed by atoms with Gasteiger partial charge in [-0.2, -0.15) is 0 Å². The highest BCUT2D eigenvalue weighted by Gasteiger charge is 2.11. The molecule has 0 saturated heterocycles. The molecular formula is C9H10BrClO2S. The van der Waals surface area contributed by atoms with Crippen LogP contribution in [0.4, 0.5) is 0 Å². The molecule has 0 radical (unpaired) electrons. The summed E-state index contributed by atoms with van der Waals surface area (Å²) in [6.45, 7) is 0. The predicted octanol–water partition coefficient (Wildman–Crippen LogP) is 3.12. The van der Waals surface area contributed by atoms with Crippen LogP contribution < -0.4 is 0 Å². The number of hydrogen-bond acceptors (Lipinski definition) is 3. The Labute approximate surface area is 100 Å². The van der Waals surface area contributed by atoms with Crippen LogP contribution in [0.5, 0.6) is 0 Å². The van der Waals surface area contributed by atoms with Crippen molar-refractivity contribution >= 4 is 44.7 Å². The normalized spacial score (nSPS) is 12.8. The van der Waals surface area contributed by atoms with Crippen LogP contribution in [0.15, 0.2) is 12.1 Å². The van der Waals surface area contributed by atoms with E-state index in [2.05, 4.69) is 15.9 Å². The summed E-state index contributed by atoms with van der Waals surface area (Å²) in [4.78, 5) is 12.2. The van der Waals surface area contributed by atoms with Gasteiger partial charge in [0.2, 0.25) is 0 Å². The van der Waals surface area contributed by atoms with E-state index in [0.717, 1.165) is 0 Å². The smallest absolute Gasteiger partial charge is 0.172 e. The van der Waals surface area contributed by atoms with E-state index in [0.29, 0.717) is 27.4 Å². The summed E-state index contributed by atoms with van der Waals surface area (Å²) in [5, 5.41) is 9.74. The second-order valence-corrected chi connectivity index (χ2v) is 5.24. The zero-order valence-corrected chi connectivity index (χ0v) is 10.5. The number of rotatable bonds is 5. The van der Waals surface area contributed by atoms with Gasteiger partial charge in [0.05, 0.1) is 15.3 Å². The van der Waals surface area contributed by atoms with Gasteiger partial charge < -0.3 is 5.11 Å². The highest BCUT2D eigenvalue weighted by Crippen LogP contribution is 2.23. The molecule has 1 atom stereocenters. The lowest BCUT2D eigenvalue weighted by Crippen LogP contribution is -2.10. The maximum Gasteiger partial charge on any atom is 0.172 e. The minimum absolute atomic E-state index is 0.0434. The van der Waals surface area contributed by atoms with E-state index in [1.165, 1.54) is 11.3 Å². The number of Topliss-reactive ketones (excluding diaryl/α,β-unsaturated/α-hetero) is 1. The largest absolute Gasteiger partial charge is 0.392 e. The molecule has 0 aliphatic heterocycles. The molecule has 78 valence electrons. The minimum Gasteiger partial charge on any atom is -0.392 e. The molecule has 14 heavy (non-hydrogen) atoms. The summed E-state index contributed by atoms with van der Waals surface area (Å²) in [5.74, 6) is 0.0434. The molecule has 0 aliphatic rings. The molecule has 0 aliphatic carbocycles. The van der Waals surface area contributed by atoms with Crippen LogP contribution in [0.25, 0.3) is 0 Å². The van der Waals surface area contributed by atoms with Gasteiger partial charge in [0.1, 0.15) is 0 Å². The molecular weight excluding hydrogens is 288 g/mol. The molecule has 0 bridgehead atoms. The third kappa shape index (κ3) is 3.69. The third-order valence-electron chi connectivity index (χ3n) is 1.73. The van der Waals surface area contributed by atoms with Gasteiger partial charge in [-0.05, 0) is 18.6 Å². The van der Waals surface area contributed by atoms with E-state index in [9.17, 15) is 9.90 Å². The van der Waals surface area contributed by atoms with Gasteiger partial charge in [-0.25, -0.2) is 0 Å². The van der Waals surface area contributed by atoms with Gasteiger partial charge in [0.15, 0.2) is 5.78 Å². The van der Waals surface area contributed by atoms with Crippen molar-refractivity contribution in [1.29, 1.82) is 0 Å². The van der Waals surface area contributed by atoms with Crippen LogP contribution in [-0.2, 0) is 0 Å². The summed E-state index contributed by atoms with van der Waals surface area (Å²) in [6, 6.07) is 3.43. The van der Waals surface area contributed by atoms with Crippen molar-refractivity contribution < 1.29 is 9.90 Å². The SMILES string of the molecule is O=C(CC[C@H](O)CBr)c1ccc(Cl)s1. The average Bonchev–Trinajstić information content (AvgIpc) is 2.60. The fourth-order valence-electron chi connectivity index (χ4n) is 0.962. The second kappa shape index (κ2) is 5.85. The van der Waals surface area contributed by atoms with Crippen LogP contribution in [0.1, 0.15) is 22.5 Å². The number of alkyl halides is 1. The Morgan fingerprint density at radius 3 is 2.86 bits per heavy atom. The van der Waals surface area contributed by atoms with Gasteiger partial charge in [0.25, 0.3) is 0 Å². The molecule has 1 aromatic heterocycles. The lowest BCUT2D eigenvalue weighted by Gasteiger charge is -2.04. The van der Waals surface area contributed by atoms with Gasteiger partial charge >= 0.3 is 0 Å². The van der Waals surface area contributed by atoms with Crippen molar-refractivity contribution in [2.24, 2.45) is 0 Å². The highest BCUT2D eigenvalue weighted by atomic mass is 79.9. The molecule has 1 heterocycles. The second-order valence-electron chi connectivity index (χ2n) is 2.87. The van der Waals surface area contributed by atoms with E-state index in [4.69, 9.17) is 11.6 Å². The minimum atomic E-state index is -0.450. The Morgan fingerprint density at radius 1 is 1.64 bits per heavy atom. The number of halogens is 2. The maximum absolute atomic E-state index is 11.5. The highest BCUT2D eigenvalue weighted by molar-refractivity contribution is 9.09. The number of aliphatic hydroxyl groups excluding tert-OH is 1. The first-order valence-corrected chi connectivity index (χ1v) is 6.47. The standard InChI is InChI=1S/C9H10BrClO2S/c10-5-6(12)1-2-7(13)8-3-4-9(11)14-8/h3-4,6,12H,1-2,5H2/t6-/m0/s1. The summed E-state index contributed by atoms with van der Waals surface area (Å²) < 4.78 is 0.620. The average molecular weight is 298 g/mol. The number of carbonyl (C=O) groups is 1.